The normalized spacial score (nSPS) is 19.3. The van der Waals surface area contributed by atoms with Crippen molar-refractivity contribution in [1.82, 2.24) is 9.80 Å². The molecule has 0 spiro atoms. The van der Waals surface area contributed by atoms with Crippen LogP contribution in [0.3, 0.4) is 0 Å². The molecule has 2 heterocycles. The van der Waals surface area contributed by atoms with Gasteiger partial charge in [0.05, 0.1) is 0 Å². The summed E-state index contributed by atoms with van der Waals surface area (Å²) in [4.78, 5) is 41.3. The summed E-state index contributed by atoms with van der Waals surface area (Å²) >= 11 is 0. The maximum absolute atomic E-state index is 12.9. The quantitative estimate of drug-likeness (QED) is 0.843. The summed E-state index contributed by atoms with van der Waals surface area (Å²) in [7, 11) is 0. The fraction of sp³-hybridized carbons (Fsp3) is 0.350. The molecule has 0 bridgehead atoms. The van der Waals surface area contributed by atoms with Gasteiger partial charge in [-0.05, 0) is 45.9 Å². The second-order valence-electron chi connectivity index (χ2n) is 7.37. The number of nitrogens with zero attached hydrogens (tertiary/aromatic N) is 2. The van der Waals surface area contributed by atoms with E-state index in [2.05, 4.69) is 0 Å². The van der Waals surface area contributed by atoms with Gasteiger partial charge in [0.25, 0.3) is 17.7 Å². The van der Waals surface area contributed by atoms with Crippen molar-refractivity contribution in [2.75, 3.05) is 0 Å². The lowest BCUT2D eigenvalue weighted by Gasteiger charge is -2.38. The molecule has 0 aliphatic carbocycles. The summed E-state index contributed by atoms with van der Waals surface area (Å²) in [5, 5.41) is 11.7. The van der Waals surface area contributed by atoms with Gasteiger partial charge >= 0.3 is 0 Å². The third-order valence-corrected chi connectivity index (χ3v) is 5.17. The van der Waals surface area contributed by atoms with Crippen molar-refractivity contribution < 1.29 is 19.5 Å². The third-order valence-electron chi connectivity index (χ3n) is 5.17. The molecule has 6 nitrogen and oxygen atoms in total. The van der Waals surface area contributed by atoms with E-state index >= 15 is 0 Å². The van der Waals surface area contributed by atoms with E-state index in [0.717, 1.165) is 0 Å². The van der Waals surface area contributed by atoms with E-state index in [1.54, 1.807) is 38.1 Å². The number of imide groups is 1. The minimum Gasteiger partial charge on any atom is -0.369 e. The van der Waals surface area contributed by atoms with Crippen LogP contribution in [-0.4, -0.2) is 44.7 Å². The monoisotopic (exact) mass is 352 g/mol. The average molecular weight is 352 g/mol. The van der Waals surface area contributed by atoms with E-state index in [9.17, 15) is 19.5 Å². The molecule has 0 saturated carbocycles. The van der Waals surface area contributed by atoms with Gasteiger partial charge in [0.15, 0.2) is 6.23 Å². The van der Waals surface area contributed by atoms with E-state index < -0.39 is 6.23 Å². The summed E-state index contributed by atoms with van der Waals surface area (Å²) < 4.78 is 0. The van der Waals surface area contributed by atoms with Gasteiger partial charge in [-0.25, -0.2) is 0 Å². The maximum atomic E-state index is 12.9. The number of carbonyl (C=O) groups is 3. The highest BCUT2D eigenvalue weighted by Gasteiger charge is 2.40. The van der Waals surface area contributed by atoms with Crippen LogP contribution in [0.4, 0.5) is 0 Å². The fourth-order valence-corrected chi connectivity index (χ4v) is 4.01. The topological polar surface area (TPSA) is 77.9 Å². The highest BCUT2D eigenvalue weighted by atomic mass is 16.3. The Morgan fingerprint density at radius 2 is 1.27 bits per heavy atom. The Balaban J connectivity index is 2.07. The van der Waals surface area contributed by atoms with Gasteiger partial charge in [-0.2, -0.15) is 0 Å². The first kappa shape index (κ1) is 16.7. The second kappa shape index (κ2) is 5.38. The van der Waals surface area contributed by atoms with E-state index in [1.807, 2.05) is 13.8 Å². The second-order valence-corrected chi connectivity index (χ2v) is 7.37. The average Bonchev–Trinajstić information content (AvgIpc) is 2.57. The molecule has 1 atom stereocenters. The van der Waals surface area contributed by atoms with Crippen molar-refractivity contribution in [1.29, 1.82) is 0 Å². The molecule has 2 aromatic rings. The van der Waals surface area contributed by atoms with E-state index in [0.29, 0.717) is 33.0 Å². The number of carbonyl (C=O) groups excluding carboxylic acids is 3. The largest absolute Gasteiger partial charge is 0.369 e. The van der Waals surface area contributed by atoms with Crippen molar-refractivity contribution in [2.24, 2.45) is 0 Å². The predicted molar refractivity (Wildman–Crippen MR) is 95.8 cm³/mol. The lowest BCUT2D eigenvalue weighted by atomic mass is 9.85. The molecule has 4 rings (SSSR count). The van der Waals surface area contributed by atoms with Crippen LogP contribution in [0.5, 0.6) is 0 Å². The Morgan fingerprint density at radius 3 is 1.77 bits per heavy atom. The van der Waals surface area contributed by atoms with Crippen LogP contribution in [0, 0.1) is 0 Å². The molecule has 2 aliphatic rings. The molecule has 2 aromatic carbocycles. The number of hydrogen-bond donors (Lipinski definition) is 1. The third kappa shape index (κ3) is 1.93. The number of hydrogen-bond acceptors (Lipinski definition) is 4. The van der Waals surface area contributed by atoms with Gasteiger partial charge in [-0.1, -0.05) is 6.07 Å². The zero-order valence-corrected chi connectivity index (χ0v) is 15.1. The van der Waals surface area contributed by atoms with Crippen LogP contribution in [-0.2, 0) is 0 Å². The molecule has 0 saturated heterocycles. The SMILES string of the molecule is CC(C)N1C(=O)c2ccc3c4c(ccc(c24)C1=O)C(O)N(C(C)C)C3=O. The minimum absolute atomic E-state index is 0.187. The van der Waals surface area contributed by atoms with Crippen LogP contribution < -0.4 is 0 Å². The number of rotatable bonds is 2. The molecule has 2 aliphatic heterocycles. The molecule has 0 aromatic heterocycles. The van der Waals surface area contributed by atoms with Gasteiger partial charge in [0.2, 0.25) is 0 Å². The molecule has 6 heteroatoms. The van der Waals surface area contributed by atoms with Crippen molar-refractivity contribution in [3.8, 4) is 0 Å². The van der Waals surface area contributed by atoms with Crippen molar-refractivity contribution in [2.45, 2.75) is 46.0 Å². The lowest BCUT2D eigenvalue weighted by molar-refractivity contribution is -0.00906. The van der Waals surface area contributed by atoms with Crippen molar-refractivity contribution in [3.05, 3.63) is 46.5 Å². The Hall–Kier alpha value is -2.73. The summed E-state index contributed by atoms with van der Waals surface area (Å²) in [6.45, 7) is 7.25. The zero-order valence-electron chi connectivity index (χ0n) is 15.1. The van der Waals surface area contributed by atoms with Crippen LogP contribution in [0.25, 0.3) is 10.8 Å². The van der Waals surface area contributed by atoms with Gasteiger partial charge in [0.1, 0.15) is 0 Å². The number of benzene rings is 2. The van der Waals surface area contributed by atoms with Gasteiger partial charge in [-0.3, -0.25) is 19.3 Å². The Kier molecular flexibility index (Phi) is 3.46. The first-order valence-corrected chi connectivity index (χ1v) is 8.74. The molecular weight excluding hydrogens is 332 g/mol. The Bertz CT molecular complexity index is 971. The summed E-state index contributed by atoms with van der Waals surface area (Å²) in [5.41, 5.74) is 1.75. The molecule has 3 amide bonds. The van der Waals surface area contributed by atoms with E-state index in [-0.39, 0.29) is 29.8 Å². The van der Waals surface area contributed by atoms with E-state index in [4.69, 9.17) is 0 Å². The van der Waals surface area contributed by atoms with Crippen molar-refractivity contribution >= 4 is 28.5 Å². The molecular formula is C20H20N2O4. The summed E-state index contributed by atoms with van der Waals surface area (Å²) in [5.74, 6) is -1.03. The zero-order chi connectivity index (χ0) is 18.9. The lowest BCUT2D eigenvalue weighted by Crippen LogP contribution is -2.46. The molecule has 1 N–H and O–H groups in total. The number of aliphatic hydroxyl groups is 1. The highest BCUT2D eigenvalue weighted by Crippen LogP contribution is 2.41. The van der Waals surface area contributed by atoms with Crippen LogP contribution in [0.1, 0.15) is 70.6 Å². The van der Waals surface area contributed by atoms with Crippen LogP contribution in [0.15, 0.2) is 24.3 Å². The Morgan fingerprint density at radius 1 is 0.769 bits per heavy atom. The van der Waals surface area contributed by atoms with Crippen molar-refractivity contribution in [3.63, 3.8) is 0 Å². The van der Waals surface area contributed by atoms with Crippen LogP contribution >= 0.6 is 0 Å². The molecule has 0 radical (unpaired) electrons. The number of aliphatic hydroxyl groups excluding tert-OH is 1. The van der Waals surface area contributed by atoms with Gasteiger partial charge < -0.3 is 10.0 Å². The standard InChI is InChI=1S/C20H20N2O4/c1-9(2)21-17(23)11-5-7-13-16-14(8-6-12(15(11)16)18(21)24)20(26)22(10(3)4)19(13)25/h5-10,17,23H,1-4H3. The van der Waals surface area contributed by atoms with E-state index in [1.165, 1.54) is 9.80 Å². The van der Waals surface area contributed by atoms with Gasteiger partial charge in [-0.15, -0.1) is 0 Å². The molecule has 1 unspecified atom stereocenters. The molecule has 26 heavy (non-hydrogen) atoms. The van der Waals surface area contributed by atoms with Gasteiger partial charge in [0, 0.05) is 45.1 Å². The first-order chi connectivity index (χ1) is 12.3. The highest BCUT2D eigenvalue weighted by molar-refractivity contribution is 6.28. The number of amides is 3. The summed E-state index contributed by atoms with van der Waals surface area (Å²) in [6.07, 6.45) is -1.10. The smallest absolute Gasteiger partial charge is 0.261 e. The summed E-state index contributed by atoms with van der Waals surface area (Å²) in [6, 6.07) is 6.11. The molecule has 134 valence electrons. The Labute approximate surface area is 151 Å². The fourth-order valence-electron chi connectivity index (χ4n) is 4.01. The van der Waals surface area contributed by atoms with Crippen LogP contribution in [0.2, 0.25) is 0 Å². The minimum atomic E-state index is -1.10. The molecule has 0 fully saturated rings. The first-order valence-electron chi connectivity index (χ1n) is 8.74. The predicted octanol–water partition coefficient (Wildman–Crippen LogP) is 2.70. The maximum Gasteiger partial charge on any atom is 0.261 e.